The van der Waals surface area contributed by atoms with Crippen LogP contribution >= 0.6 is 11.6 Å². The number of hydrogen-bond acceptors (Lipinski definition) is 4. The molecule has 2 heterocycles. The number of nitro benzene ring substituents is 1. The molecule has 130 valence electrons. The minimum absolute atomic E-state index is 0.129. The van der Waals surface area contributed by atoms with Crippen molar-refractivity contribution < 1.29 is 9.72 Å². The van der Waals surface area contributed by atoms with Gasteiger partial charge in [0.15, 0.2) is 0 Å². The number of hydrogen-bond donors (Lipinski definition) is 0. The number of carbonyl (C=O) groups is 1. The zero-order chi connectivity index (χ0) is 18.3. The molecule has 0 saturated carbocycles. The molecule has 4 rings (SSSR count). The summed E-state index contributed by atoms with van der Waals surface area (Å²) in [4.78, 5) is 29.5. The Kier molecular flexibility index (Phi) is 4.05. The van der Waals surface area contributed by atoms with E-state index >= 15 is 0 Å². The Morgan fingerprint density at radius 3 is 2.69 bits per heavy atom. The minimum atomic E-state index is -0.505. The molecule has 0 radical (unpaired) electrons. The third kappa shape index (κ3) is 2.68. The molecule has 1 aliphatic rings. The molecule has 0 atom stereocenters. The number of para-hydroxylation sites is 1. The molecule has 0 spiro atoms. The molecule has 6 nitrogen and oxygen atoms in total. The van der Waals surface area contributed by atoms with E-state index in [2.05, 4.69) is 11.1 Å². The largest absolute Gasteiger partial charge is 0.334 e. The first-order valence-electron chi connectivity index (χ1n) is 8.14. The van der Waals surface area contributed by atoms with E-state index in [1.807, 2.05) is 18.2 Å². The number of non-ortho nitro benzene ring substituents is 1. The smallest absolute Gasteiger partial charge is 0.295 e. The van der Waals surface area contributed by atoms with Crippen LogP contribution in [0.5, 0.6) is 0 Å². The van der Waals surface area contributed by atoms with E-state index in [4.69, 9.17) is 11.6 Å². The Balaban J connectivity index is 1.72. The highest BCUT2D eigenvalue weighted by molar-refractivity contribution is 6.38. The fourth-order valence-corrected chi connectivity index (χ4v) is 3.59. The van der Waals surface area contributed by atoms with Gasteiger partial charge in [-0.15, -0.1) is 0 Å². The molecule has 0 fully saturated rings. The van der Waals surface area contributed by atoms with E-state index in [-0.39, 0.29) is 27.7 Å². The van der Waals surface area contributed by atoms with Gasteiger partial charge in [0.2, 0.25) is 0 Å². The second-order valence-electron chi connectivity index (χ2n) is 6.16. The van der Waals surface area contributed by atoms with Crippen LogP contribution in [0.4, 0.5) is 5.69 Å². The van der Waals surface area contributed by atoms with Crippen LogP contribution in [0, 0.1) is 10.1 Å². The monoisotopic (exact) mass is 367 g/mol. The van der Waals surface area contributed by atoms with Crippen molar-refractivity contribution in [2.75, 3.05) is 6.54 Å². The second kappa shape index (κ2) is 6.38. The van der Waals surface area contributed by atoms with Gasteiger partial charge in [-0.1, -0.05) is 48.0 Å². The molecule has 0 saturated heterocycles. The van der Waals surface area contributed by atoms with Gasteiger partial charge in [-0.25, -0.2) is 4.98 Å². The number of rotatable bonds is 2. The van der Waals surface area contributed by atoms with Crippen molar-refractivity contribution in [3.8, 4) is 0 Å². The van der Waals surface area contributed by atoms with E-state index in [1.165, 1.54) is 17.8 Å². The number of fused-ring (bicyclic) bond motifs is 2. The molecular formula is C19H14ClN3O3. The number of aromatic nitrogens is 1. The summed E-state index contributed by atoms with van der Waals surface area (Å²) >= 11 is 6.42. The van der Waals surface area contributed by atoms with Crippen LogP contribution in [-0.2, 0) is 13.0 Å². The highest BCUT2D eigenvalue weighted by Crippen LogP contribution is 2.32. The summed E-state index contributed by atoms with van der Waals surface area (Å²) in [5.74, 6) is -0.217. The van der Waals surface area contributed by atoms with Crippen LogP contribution in [0.25, 0.3) is 10.9 Å². The van der Waals surface area contributed by atoms with E-state index in [0.717, 1.165) is 12.0 Å². The first-order chi connectivity index (χ1) is 12.6. The van der Waals surface area contributed by atoms with Crippen LogP contribution in [0.2, 0.25) is 5.02 Å². The Hall–Kier alpha value is -2.99. The van der Waals surface area contributed by atoms with Crippen molar-refractivity contribution in [1.29, 1.82) is 0 Å². The molecule has 0 N–H and O–H groups in total. The van der Waals surface area contributed by atoms with Crippen LogP contribution in [0.15, 0.2) is 48.7 Å². The minimum Gasteiger partial charge on any atom is -0.334 e. The number of amides is 1. The molecule has 0 unspecified atom stereocenters. The van der Waals surface area contributed by atoms with Crippen LogP contribution in [-0.4, -0.2) is 27.3 Å². The first kappa shape index (κ1) is 16.5. The van der Waals surface area contributed by atoms with Crippen LogP contribution in [0.3, 0.4) is 0 Å². The summed E-state index contributed by atoms with van der Waals surface area (Å²) in [6, 6.07) is 12.6. The predicted octanol–water partition coefficient (Wildman–Crippen LogP) is 3.99. The Bertz CT molecular complexity index is 1050. The molecular weight excluding hydrogens is 354 g/mol. The lowest BCUT2D eigenvalue weighted by atomic mass is 9.99. The zero-order valence-electron chi connectivity index (χ0n) is 13.7. The number of nitro groups is 1. The van der Waals surface area contributed by atoms with Gasteiger partial charge in [-0.2, -0.15) is 0 Å². The molecule has 1 amide bonds. The lowest BCUT2D eigenvalue weighted by molar-refractivity contribution is -0.383. The summed E-state index contributed by atoms with van der Waals surface area (Å²) in [6.07, 6.45) is 2.12. The SMILES string of the molecule is O=C(c1cnc2c([N+](=O)[O-])cccc2c1Cl)N1CCc2ccccc2C1. The van der Waals surface area contributed by atoms with Gasteiger partial charge in [0.25, 0.3) is 11.6 Å². The van der Waals surface area contributed by atoms with E-state index in [9.17, 15) is 14.9 Å². The summed E-state index contributed by atoms with van der Waals surface area (Å²) < 4.78 is 0. The molecule has 26 heavy (non-hydrogen) atoms. The normalized spacial score (nSPS) is 13.5. The molecule has 3 aromatic rings. The van der Waals surface area contributed by atoms with Gasteiger partial charge in [0.05, 0.1) is 15.5 Å². The third-order valence-electron chi connectivity index (χ3n) is 4.66. The Labute approximate surface area is 154 Å². The van der Waals surface area contributed by atoms with E-state index in [0.29, 0.717) is 18.5 Å². The second-order valence-corrected chi connectivity index (χ2v) is 6.54. The van der Waals surface area contributed by atoms with Crippen molar-refractivity contribution in [1.82, 2.24) is 9.88 Å². The van der Waals surface area contributed by atoms with Crippen LogP contribution in [0.1, 0.15) is 21.5 Å². The molecule has 0 aliphatic carbocycles. The maximum absolute atomic E-state index is 13.0. The Morgan fingerprint density at radius 1 is 1.15 bits per heavy atom. The summed E-state index contributed by atoms with van der Waals surface area (Å²) in [5.41, 5.74) is 2.68. The molecule has 0 bridgehead atoms. The van der Waals surface area contributed by atoms with Gasteiger partial charge in [-0.3, -0.25) is 14.9 Å². The van der Waals surface area contributed by atoms with Gasteiger partial charge in [0.1, 0.15) is 5.52 Å². The van der Waals surface area contributed by atoms with Gasteiger partial charge < -0.3 is 4.90 Å². The number of carbonyl (C=O) groups excluding carboxylic acids is 1. The molecule has 1 aliphatic heterocycles. The maximum Gasteiger partial charge on any atom is 0.295 e. The quantitative estimate of drug-likeness (QED) is 0.506. The summed E-state index contributed by atoms with van der Waals surface area (Å²) in [6.45, 7) is 1.11. The van der Waals surface area contributed by atoms with Gasteiger partial charge in [0, 0.05) is 30.7 Å². The third-order valence-corrected chi connectivity index (χ3v) is 5.06. The average Bonchev–Trinajstić information content (AvgIpc) is 2.67. The molecule has 7 heteroatoms. The number of nitrogens with zero attached hydrogens (tertiary/aromatic N) is 3. The van der Waals surface area contributed by atoms with Gasteiger partial charge in [-0.05, 0) is 17.5 Å². The van der Waals surface area contributed by atoms with E-state index < -0.39 is 4.92 Å². The molecule has 2 aromatic carbocycles. The highest BCUT2D eigenvalue weighted by Gasteiger charge is 2.25. The lowest BCUT2D eigenvalue weighted by Crippen LogP contribution is -2.36. The van der Waals surface area contributed by atoms with Crippen molar-refractivity contribution in [3.63, 3.8) is 0 Å². The number of pyridine rings is 1. The summed E-state index contributed by atoms with van der Waals surface area (Å²) in [7, 11) is 0. The van der Waals surface area contributed by atoms with Crippen molar-refractivity contribution in [2.24, 2.45) is 0 Å². The fraction of sp³-hybridized carbons (Fsp3) is 0.158. The zero-order valence-corrected chi connectivity index (χ0v) is 14.4. The predicted molar refractivity (Wildman–Crippen MR) is 98.3 cm³/mol. The Morgan fingerprint density at radius 2 is 1.92 bits per heavy atom. The molecule has 1 aromatic heterocycles. The topological polar surface area (TPSA) is 76.3 Å². The van der Waals surface area contributed by atoms with Crippen molar-refractivity contribution in [3.05, 3.63) is 80.5 Å². The van der Waals surface area contributed by atoms with Crippen molar-refractivity contribution >= 4 is 34.1 Å². The first-order valence-corrected chi connectivity index (χ1v) is 8.51. The van der Waals surface area contributed by atoms with Crippen molar-refractivity contribution in [2.45, 2.75) is 13.0 Å². The van der Waals surface area contributed by atoms with E-state index in [1.54, 1.807) is 17.0 Å². The van der Waals surface area contributed by atoms with Crippen LogP contribution < -0.4 is 0 Å². The lowest BCUT2D eigenvalue weighted by Gasteiger charge is -2.29. The number of halogens is 1. The average molecular weight is 368 g/mol. The summed E-state index contributed by atoms with van der Waals surface area (Å²) in [5, 5.41) is 11.8. The highest BCUT2D eigenvalue weighted by atomic mass is 35.5. The fourth-order valence-electron chi connectivity index (χ4n) is 3.31. The van der Waals surface area contributed by atoms with Gasteiger partial charge >= 0.3 is 0 Å². The maximum atomic E-state index is 13.0. The standard InChI is InChI=1S/C19H14ClN3O3/c20-17-14-6-3-7-16(23(25)26)18(14)21-10-15(17)19(24)22-9-8-12-4-1-2-5-13(12)11-22/h1-7,10H,8-9,11H2. The number of benzene rings is 2.